The summed E-state index contributed by atoms with van der Waals surface area (Å²) in [7, 11) is 1.78. The van der Waals surface area contributed by atoms with E-state index >= 15 is 0 Å². The van der Waals surface area contributed by atoms with Crippen LogP contribution >= 0.6 is 10.7 Å². The second-order valence-corrected chi connectivity index (χ2v) is 6.93. The average molecular weight is 234 g/mol. The molecule has 0 unspecified atom stereocenters. The number of nitrogens with zero attached hydrogens (tertiary/aromatic N) is 1. The summed E-state index contributed by atoms with van der Waals surface area (Å²) in [5.41, 5.74) is 0.911. The highest BCUT2D eigenvalue weighted by molar-refractivity contribution is 8.14. The van der Waals surface area contributed by atoms with Crippen LogP contribution in [0.3, 0.4) is 0 Å². The Morgan fingerprint density at radius 3 is 2.29 bits per heavy atom. The maximum absolute atomic E-state index is 11.2. The summed E-state index contributed by atoms with van der Waals surface area (Å²) in [4.78, 5) is 3.86. The summed E-state index contributed by atoms with van der Waals surface area (Å²) >= 11 is 0. The number of aromatic nitrogens is 1. The first-order valence-corrected chi connectivity index (χ1v) is 6.47. The molecule has 1 rings (SSSR count). The van der Waals surface area contributed by atoms with E-state index in [9.17, 15) is 8.42 Å². The summed E-state index contributed by atoms with van der Waals surface area (Å²) in [6.07, 6.45) is 3.65. The summed E-state index contributed by atoms with van der Waals surface area (Å²) in [5, 5.41) is 0. The second kappa shape index (κ2) is 3.87. The highest BCUT2D eigenvalue weighted by Crippen LogP contribution is 2.24. The van der Waals surface area contributed by atoms with Crippen molar-refractivity contribution in [1.29, 1.82) is 0 Å². The molecule has 0 N–H and O–H groups in total. The van der Waals surface area contributed by atoms with Gasteiger partial charge in [-0.2, -0.15) is 0 Å². The largest absolute Gasteiger partial charge is 0.265 e. The molecule has 0 fully saturated rings. The summed E-state index contributed by atoms with van der Waals surface area (Å²) < 4.78 is 21.5. The SMILES string of the molecule is CC(C)(Cc1ccncc1)S(=O)(=O)Cl. The number of hydrogen-bond donors (Lipinski definition) is 0. The first kappa shape index (κ1) is 11.5. The van der Waals surface area contributed by atoms with Gasteiger partial charge in [-0.3, -0.25) is 4.98 Å². The minimum Gasteiger partial charge on any atom is -0.265 e. The van der Waals surface area contributed by atoms with Gasteiger partial charge in [0.05, 0.1) is 4.75 Å². The van der Waals surface area contributed by atoms with Gasteiger partial charge >= 0.3 is 0 Å². The lowest BCUT2D eigenvalue weighted by Gasteiger charge is -2.20. The van der Waals surface area contributed by atoms with Crippen molar-refractivity contribution < 1.29 is 8.42 Å². The molecule has 14 heavy (non-hydrogen) atoms. The van der Waals surface area contributed by atoms with E-state index in [0.29, 0.717) is 6.42 Å². The Morgan fingerprint density at radius 2 is 1.86 bits per heavy atom. The molecule has 78 valence electrons. The Kier molecular flexibility index (Phi) is 3.17. The van der Waals surface area contributed by atoms with Gasteiger partial charge in [-0.25, -0.2) is 8.42 Å². The van der Waals surface area contributed by atoms with Crippen LogP contribution < -0.4 is 0 Å². The maximum Gasteiger partial charge on any atom is 0.238 e. The van der Waals surface area contributed by atoms with E-state index < -0.39 is 13.8 Å². The van der Waals surface area contributed by atoms with Crippen LogP contribution in [0, 0.1) is 0 Å². The van der Waals surface area contributed by atoms with Crippen molar-refractivity contribution in [3.63, 3.8) is 0 Å². The molecule has 0 atom stereocenters. The van der Waals surface area contributed by atoms with Gasteiger partial charge < -0.3 is 0 Å². The minimum absolute atomic E-state index is 0.390. The van der Waals surface area contributed by atoms with Gasteiger partial charge in [-0.1, -0.05) is 0 Å². The van der Waals surface area contributed by atoms with Crippen molar-refractivity contribution >= 4 is 19.7 Å². The molecule has 0 saturated heterocycles. The highest BCUT2D eigenvalue weighted by Gasteiger charge is 2.32. The predicted octanol–water partition coefficient (Wildman–Crippen LogP) is 1.97. The molecule has 0 aromatic carbocycles. The third-order valence-electron chi connectivity index (χ3n) is 2.04. The molecular weight excluding hydrogens is 222 g/mol. The van der Waals surface area contributed by atoms with Crippen LogP contribution in [-0.2, 0) is 15.5 Å². The molecule has 0 aliphatic heterocycles. The summed E-state index contributed by atoms with van der Waals surface area (Å²) in [6.45, 7) is 3.21. The molecule has 0 bridgehead atoms. The van der Waals surface area contributed by atoms with E-state index in [4.69, 9.17) is 10.7 Å². The van der Waals surface area contributed by atoms with E-state index in [-0.39, 0.29) is 0 Å². The fraction of sp³-hybridized carbons (Fsp3) is 0.444. The molecule has 1 aromatic heterocycles. The normalized spacial score (nSPS) is 12.8. The number of hydrogen-bond acceptors (Lipinski definition) is 3. The fourth-order valence-electron chi connectivity index (χ4n) is 1.08. The van der Waals surface area contributed by atoms with Crippen LogP contribution in [0.4, 0.5) is 0 Å². The molecular formula is C9H12ClNO2S. The molecule has 0 amide bonds. The van der Waals surface area contributed by atoms with Gasteiger partial charge in [-0.05, 0) is 38.0 Å². The van der Waals surface area contributed by atoms with Crippen molar-refractivity contribution in [2.75, 3.05) is 0 Å². The molecule has 3 nitrogen and oxygen atoms in total. The maximum atomic E-state index is 11.2. The van der Waals surface area contributed by atoms with Crippen molar-refractivity contribution in [3.05, 3.63) is 30.1 Å². The van der Waals surface area contributed by atoms with Crippen LogP contribution in [0.5, 0.6) is 0 Å². The molecule has 0 aliphatic carbocycles. The zero-order chi connectivity index (χ0) is 10.8. The molecule has 0 saturated carbocycles. The Balaban J connectivity index is 2.90. The van der Waals surface area contributed by atoms with Gasteiger partial charge in [0.25, 0.3) is 0 Å². The van der Waals surface area contributed by atoms with E-state index in [1.807, 2.05) is 0 Å². The van der Waals surface area contributed by atoms with Crippen LogP contribution in [-0.4, -0.2) is 18.1 Å². The lowest BCUT2D eigenvalue weighted by atomic mass is 10.0. The summed E-state index contributed by atoms with van der Waals surface area (Å²) in [6, 6.07) is 3.56. The number of pyridine rings is 1. The lowest BCUT2D eigenvalue weighted by Crippen LogP contribution is -2.30. The quantitative estimate of drug-likeness (QED) is 0.750. The molecule has 0 radical (unpaired) electrons. The topological polar surface area (TPSA) is 47.0 Å². The standard InChI is InChI=1S/C9H12ClNO2S/c1-9(2,14(10,12)13)7-8-3-5-11-6-4-8/h3-6H,7H2,1-2H3. The van der Waals surface area contributed by atoms with Gasteiger partial charge in [0, 0.05) is 23.1 Å². The highest BCUT2D eigenvalue weighted by atomic mass is 35.7. The van der Waals surface area contributed by atoms with Gasteiger partial charge in [0.1, 0.15) is 0 Å². The van der Waals surface area contributed by atoms with Crippen LogP contribution in [0.15, 0.2) is 24.5 Å². The molecule has 5 heteroatoms. The minimum atomic E-state index is -3.55. The van der Waals surface area contributed by atoms with Gasteiger partial charge in [0.2, 0.25) is 9.05 Å². The third-order valence-corrected chi connectivity index (χ3v) is 4.76. The Hall–Kier alpha value is -0.610. The van der Waals surface area contributed by atoms with Gasteiger partial charge in [0.15, 0.2) is 0 Å². The van der Waals surface area contributed by atoms with Crippen molar-refractivity contribution in [2.45, 2.75) is 25.0 Å². The van der Waals surface area contributed by atoms with E-state index in [1.54, 1.807) is 38.4 Å². The zero-order valence-corrected chi connectivity index (χ0v) is 9.64. The van der Waals surface area contributed by atoms with Crippen molar-refractivity contribution in [2.24, 2.45) is 0 Å². The smallest absolute Gasteiger partial charge is 0.238 e. The van der Waals surface area contributed by atoms with E-state index in [2.05, 4.69) is 4.98 Å². The Labute approximate surface area is 88.5 Å². The second-order valence-electron chi connectivity index (χ2n) is 3.73. The van der Waals surface area contributed by atoms with Crippen molar-refractivity contribution in [3.8, 4) is 0 Å². The monoisotopic (exact) mass is 233 g/mol. The van der Waals surface area contributed by atoms with Crippen LogP contribution in [0.25, 0.3) is 0 Å². The van der Waals surface area contributed by atoms with Gasteiger partial charge in [-0.15, -0.1) is 0 Å². The number of rotatable bonds is 3. The first-order chi connectivity index (χ1) is 6.33. The van der Waals surface area contributed by atoms with Crippen molar-refractivity contribution in [1.82, 2.24) is 4.98 Å². The average Bonchev–Trinajstić information content (AvgIpc) is 2.03. The van der Waals surface area contributed by atoms with Crippen LogP contribution in [0.2, 0.25) is 0 Å². The Morgan fingerprint density at radius 1 is 1.36 bits per heavy atom. The molecule has 1 heterocycles. The lowest BCUT2D eigenvalue weighted by molar-refractivity contribution is 0.559. The van der Waals surface area contributed by atoms with Crippen LogP contribution in [0.1, 0.15) is 19.4 Å². The fourth-order valence-corrected chi connectivity index (χ4v) is 1.58. The molecule has 0 aliphatic rings. The first-order valence-electron chi connectivity index (χ1n) is 4.16. The third kappa shape index (κ3) is 2.69. The predicted molar refractivity (Wildman–Crippen MR) is 56.8 cm³/mol. The zero-order valence-electron chi connectivity index (χ0n) is 8.07. The Bertz CT molecular complexity index is 400. The molecule has 0 spiro atoms. The summed E-state index contributed by atoms with van der Waals surface area (Å²) in [5.74, 6) is 0. The van der Waals surface area contributed by atoms with E-state index in [1.165, 1.54) is 0 Å². The number of halogens is 1. The van der Waals surface area contributed by atoms with E-state index in [0.717, 1.165) is 5.56 Å². The molecule has 1 aromatic rings.